The molecule has 0 amide bonds. The van der Waals surface area contributed by atoms with Crippen molar-refractivity contribution in [2.45, 2.75) is 277 Å². The number of carbonyl (C=O) groups is 2. The molecule has 0 bridgehead atoms. The van der Waals surface area contributed by atoms with Gasteiger partial charge in [-0.1, -0.05) is 265 Å². The highest BCUT2D eigenvalue weighted by molar-refractivity contribution is 7.47. The molecule has 0 aliphatic heterocycles. The Kier molecular flexibility index (Phi) is 57.7. The van der Waals surface area contributed by atoms with Gasteiger partial charge in [-0.05, 0) is 89.9 Å². The van der Waals surface area contributed by atoms with E-state index < -0.39 is 32.5 Å². The second-order valence-electron chi connectivity index (χ2n) is 20.2. The van der Waals surface area contributed by atoms with Crippen LogP contribution >= 0.6 is 7.82 Å². The molecular formula is C65H114NO8P. The molecule has 0 aromatic rings. The Balaban J connectivity index is 3.80. The summed E-state index contributed by atoms with van der Waals surface area (Å²) < 4.78 is 33.0. The Morgan fingerprint density at radius 3 is 1.03 bits per heavy atom. The largest absolute Gasteiger partial charge is 0.472 e. The molecule has 0 saturated carbocycles. The zero-order chi connectivity index (χ0) is 54.5. The van der Waals surface area contributed by atoms with Crippen molar-refractivity contribution < 1.29 is 37.6 Å². The number of rotatable bonds is 57. The van der Waals surface area contributed by atoms with Crippen molar-refractivity contribution >= 4 is 19.8 Å². The Hall–Kier alpha value is -3.07. The zero-order valence-electron chi connectivity index (χ0n) is 48.3. The van der Waals surface area contributed by atoms with Crippen molar-refractivity contribution in [3.05, 3.63) is 97.2 Å². The summed E-state index contributed by atoms with van der Waals surface area (Å²) in [7, 11) is -4.39. The van der Waals surface area contributed by atoms with Gasteiger partial charge in [-0.25, -0.2) is 4.57 Å². The molecule has 0 aliphatic carbocycles. The van der Waals surface area contributed by atoms with Gasteiger partial charge in [-0.2, -0.15) is 0 Å². The smallest absolute Gasteiger partial charge is 0.462 e. The first kappa shape index (κ1) is 71.9. The lowest BCUT2D eigenvalue weighted by Gasteiger charge is -2.19. The molecule has 0 aromatic carbocycles. The quantitative estimate of drug-likeness (QED) is 0.0264. The minimum Gasteiger partial charge on any atom is -0.462 e. The van der Waals surface area contributed by atoms with E-state index in [2.05, 4.69) is 111 Å². The molecule has 0 aromatic heterocycles. The lowest BCUT2D eigenvalue weighted by Crippen LogP contribution is -2.29. The van der Waals surface area contributed by atoms with E-state index in [0.717, 1.165) is 103 Å². The Morgan fingerprint density at radius 1 is 0.400 bits per heavy atom. The molecule has 0 rings (SSSR count). The first-order valence-electron chi connectivity index (χ1n) is 30.7. The molecule has 0 fully saturated rings. The van der Waals surface area contributed by atoms with Crippen LogP contribution in [-0.4, -0.2) is 49.3 Å². The van der Waals surface area contributed by atoms with Gasteiger partial charge in [-0.3, -0.25) is 18.6 Å². The van der Waals surface area contributed by atoms with Gasteiger partial charge in [0, 0.05) is 19.4 Å². The molecule has 0 saturated heterocycles. The third kappa shape index (κ3) is 60.0. The van der Waals surface area contributed by atoms with Crippen LogP contribution in [0.25, 0.3) is 0 Å². The number of carbonyl (C=O) groups excluding carboxylic acids is 2. The summed E-state index contributed by atoms with van der Waals surface area (Å²) in [4.78, 5) is 35.1. The molecule has 2 atom stereocenters. The summed E-state index contributed by atoms with van der Waals surface area (Å²) in [5, 5.41) is 0. The van der Waals surface area contributed by atoms with Gasteiger partial charge in [0.2, 0.25) is 0 Å². The predicted molar refractivity (Wildman–Crippen MR) is 321 cm³/mol. The molecule has 0 radical (unpaired) electrons. The Morgan fingerprint density at radius 2 is 0.693 bits per heavy atom. The maximum atomic E-state index is 12.7. The first-order chi connectivity index (χ1) is 36.8. The van der Waals surface area contributed by atoms with Gasteiger partial charge in [0.05, 0.1) is 13.2 Å². The van der Waals surface area contributed by atoms with Crippen molar-refractivity contribution in [3.63, 3.8) is 0 Å². The molecule has 2 unspecified atom stereocenters. The number of hydrogen-bond acceptors (Lipinski definition) is 8. The molecule has 10 heteroatoms. The number of phosphoric acid groups is 1. The van der Waals surface area contributed by atoms with Crippen LogP contribution in [0.1, 0.15) is 271 Å². The van der Waals surface area contributed by atoms with E-state index in [1.165, 1.54) is 128 Å². The predicted octanol–water partition coefficient (Wildman–Crippen LogP) is 19.6. The fourth-order valence-electron chi connectivity index (χ4n) is 8.50. The highest BCUT2D eigenvalue weighted by atomic mass is 31.2. The third-order valence-corrected chi connectivity index (χ3v) is 13.9. The van der Waals surface area contributed by atoms with E-state index in [9.17, 15) is 19.0 Å². The number of nitrogens with two attached hydrogens (primary N) is 1. The lowest BCUT2D eigenvalue weighted by molar-refractivity contribution is -0.161. The minimum atomic E-state index is -4.39. The number of allylic oxidation sites excluding steroid dienone is 16. The van der Waals surface area contributed by atoms with E-state index in [1.54, 1.807) is 0 Å². The monoisotopic (exact) mass is 1070 g/mol. The average molecular weight is 1070 g/mol. The maximum Gasteiger partial charge on any atom is 0.472 e. The number of phosphoric ester groups is 1. The molecule has 0 aliphatic rings. The van der Waals surface area contributed by atoms with E-state index in [4.69, 9.17) is 24.3 Å². The molecule has 432 valence electrons. The normalized spacial score (nSPS) is 13.7. The van der Waals surface area contributed by atoms with Gasteiger partial charge in [-0.15, -0.1) is 0 Å². The molecule has 3 N–H and O–H groups in total. The highest BCUT2D eigenvalue weighted by Gasteiger charge is 2.26. The second kappa shape index (κ2) is 60.2. The summed E-state index contributed by atoms with van der Waals surface area (Å²) >= 11 is 0. The summed E-state index contributed by atoms with van der Waals surface area (Å²) in [5.74, 6) is -0.843. The average Bonchev–Trinajstić information content (AvgIpc) is 3.40. The summed E-state index contributed by atoms with van der Waals surface area (Å²) in [6.45, 7) is 3.51. The zero-order valence-corrected chi connectivity index (χ0v) is 49.2. The number of esters is 2. The second-order valence-corrected chi connectivity index (χ2v) is 21.6. The Bertz CT molecular complexity index is 1550. The summed E-state index contributed by atoms with van der Waals surface area (Å²) in [5.41, 5.74) is 5.38. The van der Waals surface area contributed by atoms with Gasteiger partial charge in [0.1, 0.15) is 6.61 Å². The van der Waals surface area contributed by atoms with Crippen molar-refractivity contribution in [2.24, 2.45) is 5.73 Å². The standard InChI is InChI=1S/C65H114NO8P/c1-3-5-7-9-11-13-15-17-19-20-21-22-23-24-25-26-27-28-29-30-31-32-33-34-35-36-37-38-39-40-41-42-44-46-48-50-52-54-56-58-65(68)74-63(62-73-75(69,70)72-60-59-66)61-71-64(67)57-55-53-51-49-47-45-43-18-16-14-12-10-8-6-4-2/h5-8,11-14,17-19,21-22,24-25,43,63H,3-4,9-10,15-16,20,23,26-42,44-62,66H2,1-2H3,(H,69,70)/b7-5-,8-6-,13-11-,14-12-,19-17-,22-21-,25-24-,43-18-. The molecule has 0 heterocycles. The van der Waals surface area contributed by atoms with Crippen LogP contribution in [0.4, 0.5) is 0 Å². The molecule has 9 nitrogen and oxygen atoms in total. The summed E-state index contributed by atoms with van der Waals surface area (Å²) in [6, 6.07) is 0. The van der Waals surface area contributed by atoms with Crippen LogP contribution in [-0.2, 0) is 32.7 Å². The van der Waals surface area contributed by atoms with E-state index in [-0.39, 0.29) is 32.6 Å². The lowest BCUT2D eigenvalue weighted by atomic mass is 10.0. The van der Waals surface area contributed by atoms with Crippen LogP contribution in [0.3, 0.4) is 0 Å². The summed E-state index contributed by atoms with van der Waals surface area (Å²) in [6.07, 6.45) is 80.7. The van der Waals surface area contributed by atoms with E-state index in [0.29, 0.717) is 12.8 Å². The maximum absolute atomic E-state index is 12.7. The topological polar surface area (TPSA) is 134 Å². The fourth-order valence-corrected chi connectivity index (χ4v) is 9.27. The highest BCUT2D eigenvalue weighted by Crippen LogP contribution is 2.43. The minimum absolute atomic E-state index is 0.0488. The number of unbranched alkanes of at least 4 members (excludes halogenated alkanes) is 28. The number of hydrogen-bond donors (Lipinski definition) is 2. The Labute approximate surface area is 461 Å². The van der Waals surface area contributed by atoms with Crippen LogP contribution < -0.4 is 5.73 Å². The van der Waals surface area contributed by atoms with Crippen molar-refractivity contribution in [1.82, 2.24) is 0 Å². The van der Waals surface area contributed by atoms with Gasteiger partial charge in [0.25, 0.3) is 0 Å². The van der Waals surface area contributed by atoms with E-state index in [1.807, 2.05) is 0 Å². The van der Waals surface area contributed by atoms with E-state index >= 15 is 0 Å². The van der Waals surface area contributed by atoms with Crippen molar-refractivity contribution in [1.29, 1.82) is 0 Å². The fraction of sp³-hybridized carbons (Fsp3) is 0.723. The third-order valence-electron chi connectivity index (χ3n) is 13.0. The van der Waals surface area contributed by atoms with Crippen LogP contribution in [0.2, 0.25) is 0 Å². The van der Waals surface area contributed by atoms with Crippen LogP contribution in [0.15, 0.2) is 97.2 Å². The van der Waals surface area contributed by atoms with Crippen LogP contribution in [0.5, 0.6) is 0 Å². The van der Waals surface area contributed by atoms with Gasteiger partial charge >= 0.3 is 19.8 Å². The van der Waals surface area contributed by atoms with Crippen LogP contribution in [0, 0.1) is 0 Å². The molecule has 0 spiro atoms. The molecule has 75 heavy (non-hydrogen) atoms. The van der Waals surface area contributed by atoms with Gasteiger partial charge in [0.15, 0.2) is 6.10 Å². The van der Waals surface area contributed by atoms with Crippen molar-refractivity contribution in [3.8, 4) is 0 Å². The first-order valence-corrected chi connectivity index (χ1v) is 32.2. The SMILES string of the molecule is CC/C=C\C/C=C\C/C=C\C/C=C\C/C=C\CCCCCCCCCCCCCCCCCCCCCCCCCC(=O)OC(COC(=O)CCCCCCC/C=C\C/C=C\C/C=C\CC)COP(=O)(O)OCCN. The molecular weight excluding hydrogens is 954 g/mol. The van der Waals surface area contributed by atoms with Crippen molar-refractivity contribution in [2.75, 3.05) is 26.4 Å². The van der Waals surface area contributed by atoms with Gasteiger partial charge < -0.3 is 20.1 Å². The number of ether oxygens (including phenoxy) is 2.